The number of halogens is 3. The van der Waals surface area contributed by atoms with E-state index >= 15 is 0 Å². The summed E-state index contributed by atoms with van der Waals surface area (Å²) in [4.78, 5) is 12.0. The zero-order chi connectivity index (χ0) is 21.7. The van der Waals surface area contributed by atoms with Crippen LogP contribution < -0.4 is 16.6 Å². The van der Waals surface area contributed by atoms with Gasteiger partial charge in [0.25, 0.3) is 5.95 Å². The predicted octanol–water partition coefficient (Wildman–Crippen LogP) is 3.60. The van der Waals surface area contributed by atoms with Crippen LogP contribution in [-0.4, -0.2) is 32.2 Å². The maximum atomic E-state index is 13.6. The Morgan fingerprint density at radius 2 is 1.87 bits per heavy atom. The number of carbonyl (C=O) groups excluding carboxylic acids is 1. The van der Waals surface area contributed by atoms with E-state index in [4.69, 9.17) is 5.84 Å². The third kappa shape index (κ3) is 5.33. The minimum Gasteiger partial charge on any atom is -0.334 e. The summed E-state index contributed by atoms with van der Waals surface area (Å²) in [5, 5.41) is 14.4. The minimum atomic E-state index is -0.860. The number of nitrogens with two attached hydrogens (primary N) is 1. The molecule has 3 rings (SSSR count). The lowest BCUT2D eigenvalue weighted by Crippen LogP contribution is -2.18. The lowest BCUT2D eigenvalue weighted by atomic mass is 10.1. The largest absolute Gasteiger partial charge is 0.334 e. The van der Waals surface area contributed by atoms with E-state index in [9.17, 15) is 13.6 Å². The number of hydrazone groups is 1. The number of anilines is 2. The van der Waals surface area contributed by atoms with Crippen molar-refractivity contribution in [3.05, 3.63) is 64.1 Å². The highest BCUT2D eigenvalue weighted by molar-refractivity contribution is 9.10. The van der Waals surface area contributed by atoms with Crippen LogP contribution >= 0.6 is 27.7 Å². The number of carbonyl (C=O) groups is 1. The number of rotatable bonds is 7. The molecule has 0 saturated carbocycles. The maximum absolute atomic E-state index is 13.6. The minimum absolute atomic E-state index is 0.162. The van der Waals surface area contributed by atoms with Crippen molar-refractivity contribution in [1.82, 2.24) is 14.9 Å². The van der Waals surface area contributed by atoms with Crippen LogP contribution in [0.3, 0.4) is 0 Å². The number of benzene rings is 2. The average molecular weight is 496 g/mol. The molecule has 0 aliphatic rings. The molecule has 0 fully saturated rings. The second kappa shape index (κ2) is 9.67. The number of nitrogens with one attached hydrogen (secondary N) is 2. The summed E-state index contributed by atoms with van der Waals surface area (Å²) in [7, 11) is 0. The fourth-order valence-electron chi connectivity index (χ4n) is 2.26. The molecule has 2 aromatic carbocycles. The summed E-state index contributed by atoms with van der Waals surface area (Å²) in [6, 6.07) is 10.9. The molecule has 0 atom stereocenters. The monoisotopic (exact) mass is 495 g/mol. The Kier molecular flexibility index (Phi) is 7.00. The first-order chi connectivity index (χ1) is 14.3. The molecule has 1 heterocycles. The molecule has 0 spiro atoms. The summed E-state index contributed by atoms with van der Waals surface area (Å²) >= 11 is 4.32. The number of thioether (sulfide) groups is 1. The van der Waals surface area contributed by atoms with Gasteiger partial charge in [-0.25, -0.2) is 18.9 Å². The number of nitrogens with zero attached hydrogens (tertiary/aromatic N) is 4. The summed E-state index contributed by atoms with van der Waals surface area (Å²) in [5.74, 6) is 3.56. The third-order valence-corrected chi connectivity index (χ3v) is 5.28. The number of nitrogen functional groups attached to an aromatic ring is 1. The van der Waals surface area contributed by atoms with Crippen molar-refractivity contribution < 1.29 is 13.6 Å². The van der Waals surface area contributed by atoms with Gasteiger partial charge in [-0.1, -0.05) is 45.9 Å². The highest BCUT2D eigenvalue weighted by Crippen LogP contribution is 2.20. The van der Waals surface area contributed by atoms with Crippen molar-refractivity contribution in [1.29, 1.82) is 0 Å². The van der Waals surface area contributed by atoms with E-state index in [1.807, 2.05) is 31.2 Å². The molecular formula is C18H16BrF2N7OS. The molecule has 30 heavy (non-hydrogen) atoms. The fourth-order valence-corrected chi connectivity index (χ4v) is 3.18. The normalized spacial score (nSPS) is 11.4. The van der Waals surface area contributed by atoms with Gasteiger partial charge in [0.1, 0.15) is 17.3 Å². The Morgan fingerprint density at radius 1 is 1.20 bits per heavy atom. The molecule has 0 aliphatic carbocycles. The van der Waals surface area contributed by atoms with Gasteiger partial charge in [0.15, 0.2) is 0 Å². The Hall–Kier alpha value is -2.99. The van der Waals surface area contributed by atoms with Gasteiger partial charge in [-0.15, -0.1) is 10.2 Å². The molecule has 0 radical (unpaired) electrons. The number of para-hydroxylation sites is 1. The van der Waals surface area contributed by atoms with Crippen LogP contribution in [0, 0.1) is 11.6 Å². The fraction of sp³-hybridized carbons (Fsp3) is 0.111. The highest BCUT2D eigenvalue weighted by Gasteiger charge is 2.15. The molecule has 3 aromatic rings. The Morgan fingerprint density at radius 3 is 2.53 bits per heavy atom. The molecule has 8 nitrogen and oxygen atoms in total. The van der Waals surface area contributed by atoms with Crippen LogP contribution in [-0.2, 0) is 4.79 Å². The first kappa shape index (κ1) is 21.7. The Bertz CT molecular complexity index is 1070. The van der Waals surface area contributed by atoms with Crippen LogP contribution in [0.2, 0.25) is 0 Å². The maximum Gasteiger partial charge on any atom is 0.264 e. The molecule has 4 N–H and O–H groups in total. The molecule has 12 heteroatoms. The zero-order valence-corrected chi connectivity index (χ0v) is 18.0. The van der Waals surface area contributed by atoms with Gasteiger partial charge in [0.2, 0.25) is 11.1 Å². The standard InChI is InChI=1S/C18H16BrF2N7OS/c1-10(11-5-7-12(19)8-6-11)24-25-17-26-27-18(28(17)22)30-9-15(29)23-16-13(20)3-2-4-14(16)21/h2-8H,9,22H2,1H3,(H,23,29)(H,25,26)/b24-10+. The van der Waals surface area contributed by atoms with Gasteiger partial charge < -0.3 is 11.2 Å². The van der Waals surface area contributed by atoms with Crippen molar-refractivity contribution in [3.8, 4) is 0 Å². The Labute approximate surface area is 183 Å². The van der Waals surface area contributed by atoms with Gasteiger partial charge in [-0.3, -0.25) is 4.79 Å². The van der Waals surface area contributed by atoms with Gasteiger partial charge in [-0.05, 0) is 36.8 Å². The van der Waals surface area contributed by atoms with Gasteiger partial charge >= 0.3 is 0 Å². The van der Waals surface area contributed by atoms with Crippen LogP contribution in [0.25, 0.3) is 0 Å². The van der Waals surface area contributed by atoms with E-state index in [2.05, 4.69) is 42.0 Å². The molecule has 0 bridgehead atoms. The lowest BCUT2D eigenvalue weighted by molar-refractivity contribution is -0.113. The SMILES string of the molecule is C/C(=N\Nc1nnc(SCC(=O)Nc2c(F)cccc2F)n1N)c1ccc(Br)cc1. The van der Waals surface area contributed by atoms with E-state index in [0.717, 1.165) is 38.6 Å². The van der Waals surface area contributed by atoms with E-state index in [1.165, 1.54) is 6.07 Å². The average Bonchev–Trinajstić information content (AvgIpc) is 3.07. The second-order valence-electron chi connectivity index (χ2n) is 5.93. The lowest BCUT2D eigenvalue weighted by Gasteiger charge is -2.07. The van der Waals surface area contributed by atoms with E-state index in [1.54, 1.807) is 0 Å². The molecular weight excluding hydrogens is 480 g/mol. The first-order valence-corrected chi connectivity index (χ1v) is 10.3. The topological polar surface area (TPSA) is 110 Å². The summed E-state index contributed by atoms with van der Waals surface area (Å²) < 4.78 is 29.3. The number of amides is 1. The smallest absolute Gasteiger partial charge is 0.264 e. The van der Waals surface area contributed by atoms with Crippen molar-refractivity contribution in [2.24, 2.45) is 5.10 Å². The Balaban J connectivity index is 1.59. The quantitative estimate of drug-likeness (QED) is 0.200. The van der Waals surface area contributed by atoms with Crippen molar-refractivity contribution in [3.63, 3.8) is 0 Å². The first-order valence-electron chi connectivity index (χ1n) is 8.48. The third-order valence-electron chi connectivity index (χ3n) is 3.81. The second-order valence-corrected chi connectivity index (χ2v) is 7.78. The van der Waals surface area contributed by atoms with Crippen molar-refractivity contribution in [2.75, 3.05) is 22.3 Å². The van der Waals surface area contributed by atoms with Gasteiger partial charge in [0.05, 0.1) is 11.5 Å². The number of hydrogen-bond donors (Lipinski definition) is 3. The van der Waals surface area contributed by atoms with Crippen LogP contribution in [0.15, 0.2) is 57.2 Å². The van der Waals surface area contributed by atoms with Gasteiger partial charge in [0, 0.05) is 4.47 Å². The van der Waals surface area contributed by atoms with Crippen LogP contribution in [0.1, 0.15) is 12.5 Å². The van der Waals surface area contributed by atoms with E-state index < -0.39 is 23.2 Å². The van der Waals surface area contributed by atoms with Crippen LogP contribution in [0.5, 0.6) is 0 Å². The highest BCUT2D eigenvalue weighted by atomic mass is 79.9. The van der Waals surface area contributed by atoms with Gasteiger partial charge in [-0.2, -0.15) is 5.10 Å². The number of hydrogen-bond acceptors (Lipinski definition) is 7. The van der Waals surface area contributed by atoms with Crippen molar-refractivity contribution in [2.45, 2.75) is 12.1 Å². The van der Waals surface area contributed by atoms with Crippen molar-refractivity contribution >= 4 is 50.9 Å². The molecule has 0 saturated heterocycles. The predicted molar refractivity (Wildman–Crippen MR) is 116 cm³/mol. The zero-order valence-electron chi connectivity index (χ0n) is 15.6. The number of aromatic nitrogens is 3. The van der Waals surface area contributed by atoms with Crippen LogP contribution in [0.4, 0.5) is 20.4 Å². The summed E-state index contributed by atoms with van der Waals surface area (Å²) in [6.07, 6.45) is 0. The summed E-state index contributed by atoms with van der Waals surface area (Å²) in [5.41, 5.74) is 3.82. The molecule has 156 valence electrons. The molecule has 1 aromatic heterocycles. The summed E-state index contributed by atoms with van der Waals surface area (Å²) in [6.45, 7) is 1.81. The molecule has 0 unspecified atom stereocenters. The van der Waals surface area contributed by atoms with E-state index in [-0.39, 0.29) is 16.9 Å². The molecule has 1 amide bonds. The van der Waals surface area contributed by atoms with E-state index in [0.29, 0.717) is 5.71 Å². The molecule has 0 aliphatic heterocycles.